The van der Waals surface area contributed by atoms with E-state index in [0.717, 1.165) is 17.0 Å². The Morgan fingerprint density at radius 2 is 2.17 bits per heavy atom. The predicted molar refractivity (Wildman–Crippen MR) is 89.3 cm³/mol. The zero-order chi connectivity index (χ0) is 16.4. The molecule has 1 aliphatic heterocycles. The van der Waals surface area contributed by atoms with Gasteiger partial charge in [-0.15, -0.1) is 0 Å². The van der Waals surface area contributed by atoms with Crippen LogP contribution in [0.2, 0.25) is 5.15 Å². The fourth-order valence-electron chi connectivity index (χ4n) is 2.41. The van der Waals surface area contributed by atoms with Gasteiger partial charge in [0.1, 0.15) is 6.04 Å². The van der Waals surface area contributed by atoms with Crippen molar-refractivity contribution in [2.45, 2.75) is 12.5 Å². The molecule has 1 aromatic carbocycles. The number of carbonyl (C=O) groups excluding carboxylic acids is 2. The maximum atomic E-state index is 12.5. The monoisotopic (exact) mass is 351 g/mol. The summed E-state index contributed by atoms with van der Waals surface area (Å²) in [6.07, 6.45) is 0.651. The van der Waals surface area contributed by atoms with Crippen molar-refractivity contribution < 1.29 is 14.3 Å². The van der Waals surface area contributed by atoms with E-state index in [9.17, 15) is 9.59 Å². The van der Waals surface area contributed by atoms with E-state index in [1.807, 2.05) is 30.3 Å². The average Bonchev–Trinajstić information content (AvgIpc) is 3.11. The second kappa shape index (κ2) is 6.55. The number of amides is 1. The van der Waals surface area contributed by atoms with Crippen LogP contribution < -0.4 is 10.2 Å². The summed E-state index contributed by atoms with van der Waals surface area (Å²) >= 11 is 7.01. The third kappa shape index (κ3) is 3.16. The second-order valence-electron chi connectivity index (χ2n) is 4.94. The number of hydrogen-bond acceptors (Lipinski definition) is 6. The highest BCUT2D eigenvalue weighted by atomic mass is 35.5. The molecule has 0 saturated carbocycles. The minimum absolute atomic E-state index is 0.0258. The molecule has 2 heterocycles. The first kappa shape index (κ1) is 15.8. The van der Waals surface area contributed by atoms with Gasteiger partial charge in [-0.05, 0) is 18.6 Å². The van der Waals surface area contributed by atoms with Gasteiger partial charge in [0.2, 0.25) is 5.91 Å². The van der Waals surface area contributed by atoms with Crippen LogP contribution in [-0.2, 0) is 9.53 Å². The Bertz CT molecular complexity index is 735. The molecule has 1 atom stereocenters. The van der Waals surface area contributed by atoms with Crippen LogP contribution in [-0.4, -0.2) is 36.6 Å². The van der Waals surface area contributed by atoms with Crippen molar-refractivity contribution in [1.82, 2.24) is 4.98 Å². The molecular formula is C15H14ClN3O3S. The summed E-state index contributed by atoms with van der Waals surface area (Å²) in [5.74, 6) is -0.564. The number of carbonyl (C=O) groups is 2. The lowest BCUT2D eigenvalue weighted by atomic mass is 10.2. The molecule has 0 radical (unpaired) electrons. The number of ether oxygens (including phenoxy) is 1. The van der Waals surface area contributed by atoms with Crippen LogP contribution in [0.3, 0.4) is 0 Å². The Labute approximate surface area is 142 Å². The maximum Gasteiger partial charge on any atom is 0.351 e. The lowest BCUT2D eigenvalue weighted by molar-refractivity contribution is -0.117. The van der Waals surface area contributed by atoms with Crippen LogP contribution in [0, 0.1) is 0 Å². The van der Waals surface area contributed by atoms with Crippen molar-refractivity contribution in [2.75, 3.05) is 23.9 Å². The van der Waals surface area contributed by atoms with Crippen LogP contribution in [0.15, 0.2) is 30.3 Å². The van der Waals surface area contributed by atoms with Crippen molar-refractivity contribution in [3.05, 3.63) is 40.4 Å². The normalized spacial score (nSPS) is 17.4. The fourth-order valence-corrected chi connectivity index (χ4v) is 3.56. The van der Waals surface area contributed by atoms with Gasteiger partial charge in [-0.2, -0.15) is 0 Å². The highest BCUT2D eigenvalue weighted by Gasteiger charge is 2.33. The number of hydrogen-bond donors (Lipinski definition) is 1. The standard InChI is InChI=1S/C15H14ClN3O3S/c1-22-14(21)11-12(16)18-15(23-11)17-10-7-8-19(13(10)20)9-5-3-2-4-6-9/h2-6,10H,7-8H2,1H3,(H,17,18). The summed E-state index contributed by atoms with van der Waals surface area (Å²) < 4.78 is 4.64. The zero-order valence-electron chi connectivity index (χ0n) is 12.3. The first-order valence-corrected chi connectivity index (χ1v) is 8.17. The first-order chi connectivity index (χ1) is 11.1. The summed E-state index contributed by atoms with van der Waals surface area (Å²) in [6.45, 7) is 0.628. The van der Waals surface area contributed by atoms with E-state index in [2.05, 4.69) is 15.0 Å². The van der Waals surface area contributed by atoms with E-state index >= 15 is 0 Å². The van der Waals surface area contributed by atoms with E-state index in [-0.39, 0.29) is 22.0 Å². The van der Waals surface area contributed by atoms with Crippen LogP contribution in [0.4, 0.5) is 10.8 Å². The first-order valence-electron chi connectivity index (χ1n) is 6.97. The topological polar surface area (TPSA) is 71.5 Å². The third-order valence-electron chi connectivity index (χ3n) is 3.53. The van der Waals surface area contributed by atoms with Crippen molar-refractivity contribution in [3.63, 3.8) is 0 Å². The van der Waals surface area contributed by atoms with Gasteiger partial charge in [-0.25, -0.2) is 9.78 Å². The molecule has 1 saturated heterocycles. The van der Waals surface area contributed by atoms with Crippen LogP contribution in [0.25, 0.3) is 0 Å². The van der Waals surface area contributed by atoms with Crippen LogP contribution >= 0.6 is 22.9 Å². The molecule has 0 aliphatic carbocycles. The SMILES string of the molecule is COC(=O)c1sc(NC2CCN(c3ccccc3)C2=O)nc1Cl. The van der Waals surface area contributed by atoms with E-state index in [4.69, 9.17) is 11.6 Å². The molecule has 0 spiro atoms. The average molecular weight is 352 g/mol. The number of rotatable bonds is 4. The maximum absolute atomic E-state index is 12.5. The van der Waals surface area contributed by atoms with Gasteiger partial charge in [0.15, 0.2) is 15.2 Å². The smallest absolute Gasteiger partial charge is 0.351 e. The number of benzene rings is 1. The number of nitrogens with zero attached hydrogens (tertiary/aromatic N) is 2. The fraction of sp³-hybridized carbons (Fsp3) is 0.267. The summed E-state index contributed by atoms with van der Waals surface area (Å²) in [5.41, 5.74) is 0.870. The van der Waals surface area contributed by atoms with Gasteiger partial charge in [0.05, 0.1) is 7.11 Å². The quantitative estimate of drug-likeness (QED) is 0.857. The molecule has 23 heavy (non-hydrogen) atoms. The van der Waals surface area contributed by atoms with Gasteiger partial charge < -0.3 is 15.0 Å². The van der Waals surface area contributed by atoms with Gasteiger partial charge in [-0.1, -0.05) is 41.1 Å². The van der Waals surface area contributed by atoms with Gasteiger partial charge in [0.25, 0.3) is 0 Å². The van der Waals surface area contributed by atoms with E-state index < -0.39 is 5.97 Å². The summed E-state index contributed by atoms with van der Waals surface area (Å²) in [6, 6.07) is 9.11. The lowest BCUT2D eigenvalue weighted by Crippen LogP contribution is -2.33. The van der Waals surface area contributed by atoms with Crippen LogP contribution in [0.1, 0.15) is 16.1 Å². The molecule has 2 aromatic rings. The number of methoxy groups -OCH3 is 1. The predicted octanol–water partition coefficient (Wildman–Crippen LogP) is 2.80. The second-order valence-corrected chi connectivity index (χ2v) is 6.30. The minimum atomic E-state index is -0.538. The van der Waals surface area contributed by atoms with Crippen molar-refractivity contribution >= 4 is 45.6 Å². The Hall–Kier alpha value is -2.12. The number of thiazole rings is 1. The highest BCUT2D eigenvalue weighted by molar-refractivity contribution is 7.18. The van der Waals surface area contributed by atoms with Gasteiger partial charge in [0, 0.05) is 12.2 Å². The molecule has 1 aromatic heterocycles. The Morgan fingerprint density at radius 3 is 2.87 bits per heavy atom. The van der Waals surface area contributed by atoms with Crippen molar-refractivity contribution in [3.8, 4) is 0 Å². The van der Waals surface area contributed by atoms with Gasteiger partial charge >= 0.3 is 5.97 Å². The van der Waals surface area contributed by atoms with E-state index in [1.54, 1.807) is 4.90 Å². The van der Waals surface area contributed by atoms with Crippen molar-refractivity contribution in [1.29, 1.82) is 0 Å². The molecule has 6 nitrogen and oxygen atoms in total. The molecule has 0 bridgehead atoms. The number of para-hydroxylation sites is 1. The molecule has 1 aliphatic rings. The molecular weight excluding hydrogens is 338 g/mol. The highest BCUT2D eigenvalue weighted by Crippen LogP contribution is 2.30. The largest absolute Gasteiger partial charge is 0.465 e. The Kier molecular flexibility index (Phi) is 4.49. The number of nitrogens with one attached hydrogen (secondary N) is 1. The summed E-state index contributed by atoms with van der Waals surface area (Å²) in [7, 11) is 1.28. The van der Waals surface area contributed by atoms with E-state index in [1.165, 1.54) is 7.11 Å². The molecule has 8 heteroatoms. The van der Waals surface area contributed by atoms with Crippen molar-refractivity contribution in [2.24, 2.45) is 0 Å². The summed E-state index contributed by atoms with van der Waals surface area (Å²) in [4.78, 5) is 30.1. The summed E-state index contributed by atoms with van der Waals surface area (Å²) in [5, 5.41) is 3.57. The molecule has 1 N–H and O–H groups in total. The number of aromatic nitrogens is 1. The molecule has 120 valence electrons. The molecule has 3 rings (SSSR count). The lowest BCUT2D eigenvalue weighted by Gasteiger charge is -2.16. The Balaban J connectivity index is 1.72. The number of esters is 1. The molecule has 1 fully saturated rings. The minimum Gasteiger partial charge on any atom is -0.465 e. The Morgan fingerprint density at radius 1 is 1.43 bits per heavy atom. The number of anilines is 2. The molecule has 1 amide bonds. The van der Waals surface area contributed by atoms with Gasteiger partial charge in [-0.3, -0.25) is 4.79 Å². The third-order valence-corrected chi connectivity index (χ3v) is 4.88. The number of halogens is 1. The van der Waals surface area contributed by atoms with Crippen LogP contribution in [0.5, 0.6) is 0 Å². The molecule has 1 unspecified atom stereocenters. The van der Waals surface area contributed by atoms with E-state index in [0.29, 0.717) is 18.1 Å². The zero-order valence-corrected chi connectivity index (χ0v) is 13.9.